The highest BCUT2D eigenvalue weighted by Gasteiger charge is 2.32. The maximum Gasteiger partial charge on any atom is 0.173 e. The molecular formula is C24H31ClN6O2. The number of tetrazole rings is 1. The lowest BCUT2D eigenvalue weighted by Gasteiger charge is -2.38. The molecule has 9 heteroatoms. The molecule has 0 N–H and O–H groups in total. The first kappa shape index (κ1) is 24.7. The van der Waals surface area contributed by atoms with Crippen LogP contribution < -0.4 is 9.47 Å². The Hall–Kier alpha value is -2.94. The van der Waals surface area contributed by atoms with Crippen LogP contribution in [-0.2, 0) is 6.54 Å². The number of hydrogen-bond donors (Lipinski definition) is 0. The molecule has 0 saturated carbocycles. The third-order valence-electron chi connectivity index (χ3n) is 5.87. The highest BCUT2D eigenvalue weighted by Crippen LogP contribution is 2.36. The molecule has 1 fully saturated rings. The first-order valence-corrected chi connectivity index (χ1v) is 10.8. The molecule has 33 heavy (non-hydrogen) atoms. The molecule has 0 bridgehead atoms. The monoisotopic (exact) mass is 470 g/mol. The van der Waals surface area contributed by atoms with Crippen LogP contribution in [0.3, 0.4) is 0 Å². The molecule has 0 aliphatic carbocycles. The minimum Gasteiger partial charge on any atom is -0.497 e. The van der Waals surface area contributed by atoms with Gasteiger partial charge in [-0.2, -0.15) is 0 Å². The Morgan fingerprint density at radius 3 is 2.45 bits per heavy atom. The molecule has 4 rings (SSSR count). The molecule has 1 unspecified atom stereocenters. The van der Waals surface area contributed by atoms with Gasteiger partial charge < -0.3 is 9.47 Å². The molecule has 2 heterocycles. The van der Waals surface area contributed by atoms with Gasteiger partial charge in [0.2, 0.25) is 0 Å². The molecule has 1 aromatic heterocycles. The summed E-state index contributed by atoms with van der Waals surface area (Å²) >= 11 is 0. The van der Waals surface area contributed by atoms with E-state index in [9.17, 15) is 0 Å². The number of rotatable bonds is 9. The van der Waals surface area contributed by atoms with Crippen LogP contribution in [-0.4, -0.2) is 77.0 Å². The van der Waals surface area contributed by atoms with Gasteiger partial charge in [-0.1, -0.05) is 36.4 Å². The largest absolute Gasteiger partial charge is 0.497 e. The average Bonchev–Trinajstić information content (AvgIpc) is 3.29. The van der Waals surface area contributed by atoms with Crippen molar-refractivity contribution in [2.45, 2.75) is 12.6 Å². The summed E-state index contributed by atoms with van der Waals surface area (Å²) in [7, 11) is 3.34. The van der Waals surface area contributed by atoms with Crippen molar-refractivity contribution in [3.05, 3.63) is 78.1 Å². The van der Waals surface area contributed by atoms with E-state index in [-0.39, 0.29) is 18.4 Å². The fourth-order valence-corrected chi connectivity index (χ4v) is 4.21. The number of halogens is 1. The van der Waals surface area contributed by atoms with Crippen LogP contribution in [0.15, 0.2) is 61.2 Å². The third-order valence-corrected chi connectivity index (χ3v) is 5.87. The van der Waals surface area contributed by atoms with Gasteiger partial charge in [-0.15, -0.1) is 24.1 Å². The minimum absolute atomic E-state index is 0. The van der Waals surface area contributed by atoms with Gasteiger partial charge in [-0.25, -0.2) is 4.68 Å². The first-order chi connectivity index (χ1) is 15.7. The summed E-state index contributed by atoms with van der Waals surface area (Å²) in [5.74, 6) is 2.32. The summed E-state index contributed by atoms with van der Waals surface area (Å²) in [6, 6.07) is 16.0. The predicted molar refractivity (Wildman–Crippen MR) is 130 cm³/mol. The lowest BCUT2D eigenvalue weighted by atomic mass is 10.0. The highest BCUT2D eigenvalue weighted by molar-refractivity contribution is 5.85. The molecule has 1 aliphatic rings. The molecule has 176 valence electrons. The molecular weight excluding hydrogens is 440 g/mol. The van der Waals surface area contributed by atoms with Crippen LogP contribution in [0, 0.1) is 0 Å². The molecule has 0 spiro atoms. The minimum atomic E-state index is -0.138. The normalized spacial score (nSPS) is 15.5. The molecule has 8 nitrogen and oxygen atoms in total. The van der Waals surface area contributed by atoms with Crippen molar-refractivity contribution in [3.63, 3.8) is 0 Å². The Bertz CT molecular complexity index is 1020. The number of piperazine rings is 1. The lowest BCUT2D eigenvalue weighted by Crippen LogP contribution is -2.48. The molecule has 1 atom stereocenters. The number of hydrogen-bond acceptors (Lipinski definition) is 7. The third kappa shape index (κ3) is 5.71. The fourth-order valence-electron chi connectivity index (χ4n) is 4.21. The SMILES string of the molecule is C=CCN1CCN(C(c2ccc(OC)cc2OC)c2nnnn2Cc2ccccc2)CC1.Cl. The zero-order valence-corrected chi connectivity index (χ0v) is 19.9. The highest BCUT2D eigenvalue weighted by atomic mass is 35.5. The fraction of sp³-hybridized carbons (Fsp3) is 0.375. The summed E-state index contributed by atoms with van der Waals surface area (Å²) in [6.45, 7) is 9.09. The van der Waals surface area contributed by atoms with Crippen LogP contribution in [0.1, 0.15) is 23.0 Å². The van der Waals surface area contributed by atoms with Gasteiger partial charge in [-0.05, 0) is 28.1 Å². The summed E-state index contributed by atoms with van der Waals surface area (Å²) in [4.78, 5) is 4.83. The van der Waals surface area contributed by atoms with Gasteiger partial charge >= 0.3 is 0 Å². The number of methoxy groups -OCH3 is 2. The van der Waals surface area contributed by atoms with Crippen LogP contribution in [0.25, 0.3) is 0 Å². The van der Waals surface area contributed by atoms with E-state index in [0.29, 0.717) is 6.54 Å². The second kappa shape index (κ2) is 11.8. The van der Waals surface area contributed by atoms with E-state index in [1.165, 1.54) is 0 Å². The van der Waals surface area contributed by atoms with Crippen molar-refractivity contribution in [1.82, 2.24) is 30.0 Å². The van der Waals surface area contributed by atoms with Gasteiger partial charge in [0.25, 0.3) is 0 Å². The Kier molecular flexibility index (Phi) is 8.82. The average molecular weight is 471 g/mol. The van der Waals surface area contributed by atoms with Crippen molar-refractivity contribution >= 4 is 12.4 Å². The van der Waals surface area contributed by atoms with Gasteiger partial charge in [-0.3, -0.25) is 9.80 Å². The summed E-state index contributed by atoms with van der Waals surface area (Å²) in [6.07, 6.45) is 1.96. The van der Waals surface area contributed by atoms with Crippen LogP contribution in [0.5, 0.6) is 11.5 Å². The smallest absolute Gasteiger partial charge is 0.173 e. The quantitative estimate of drug-likeness (QED) is 0.445. The van der Waals surface area contributed by atoms with Crippen LogP contribution >= 0.6 is 12.4 Å². The first-order valence-electron chi connectivity index (χ1n) is 10.8. The van der Waals surface area contributed by atoms with E-state index in [4.69, 9.17) is 9.47 Å². The molecule has 3 aromatic rings. The lowest BCUT2D eigenvalue weighted by molar-refractivity contribution is 0.111. The van der Waals surface area contributed by atoms with Crippen LogP contribution in [0.4, 0.5) is 0 Å². The Labute approximate surface area is 201 Å². The number of aromatic nitrogens is 4. The molecule has 1 aliphatic heterocycles. The zero-order valence-electron chi connectivity index (χ0n) is 19.1. The van der Waals surface area contributed by atoms with Crippen molar-refractivity contribution in [2.24, 2.45) is 0 Å². The van der Waals surface area contributed by atoms with Gasteiger partial charge in [0.1, 0.15) is 17.5 Å². The summed E-state index contributed by atoms with van der Waals surface area (Å²) < 4.78 is 13.1. The van der Waals surface area contributed by atoms with Crippen molar-refractivity contribution in [1.29, 1.82) is 0 Å². The van der Waals surface area contributed by atoms with E-state index in [1.54, 1.807) is 14.2 Å². The van der Waals surface area contributed by atoms with Crippen molar-refractivity contribution in [3.8, 4) is 11.5 Å². The second-order valence-corrected chi connectivity index (χ2v) is 7.82. The van der Waals surface area contributed by atoms with Crippen LogP contribution in [0.2, 0.25) is 0 Å². The Balaban J connectivity index is 0.00000306. The molecule has 2 aromatic carbocycles. The summed E-state index contributed by atoms with van der Waals surface area (Å²) in [5.41, 5.74) is 2.17. The van der Waals surface area contributed by atoms with E-state index in [2.05, 4.69) is 50.1 Å². The maximum absolute atomic E-state index is 5.77. The summed E-state index contributed by atoms with van der Waals surface area (Å²) in [5, 5.41) is 12.8. The van der Waals surface area contributed by atoms with Gasteiger partial charge in [0, 0.05) is 44.4 Å². The second-order valence-electron chi connectivity index (χ2n) is 7.82. The topological polar surface area (TPSA) is 68.5 Å². The number of nitrogens with zero attached hydrogens (tertiary/aromatic N) is 6. The Morgan fingerprint density at radius 1 is 1.03 bits per heavy atom. The number of benzene rings is 2. The predicted octanol–water partition coefficient (Wildman–Crippen LogP) is 3.05. The molecule has 0 radical (unpaired) electrons. The zero-order chi connectivity index (χ0) is 22.3. The van der Waals surface area contributed by atoms with Crippen molar-refractivity contribution in [2.75, 3.05) is 46.9 Å². The van der Waals surface area contributed by atoms with Gasteiger partial charge in [0.15, 0.2) is 5.82 Å². The van der Waals surface area contributed by atoms with E-state index < -0.39 is 0 Å². The maximum atomic E-state index is 5.77. The van der Waals surface area contributed by atoms with E-state index in [0.717, 1.165) is 61.2 Å². The van der Waals surface area contributed by atoms with Gasteiger partial charge in [0.05, 0.1) is 20.8 Å². The number of ether oxygens (including phenoxy) is 2. The standard InChI is InChI=1S/C24H30N6O2.ClH/c1-4-12-28-13-15-29(16-14-28)23(21-11-10-20(31-2)17-22(21)32-3)24-25-26-27-30(24)18-19-8-6-5-7-9-19;/h4-11,17,23H,1,12-16,18H2,2-3H3;1H. The molecule has 1 saturated heterocycles. The Morgan fingerprint density at radius 2 is 1.79 bits per heavy atom. The van der Waals surface area contributed by atoms with E-state index >= 15 is 0 Å². The molecule has 0 amide bonds. The van der Waals surface area contributed by atoms with E-state index in [1.807, 2.05) is 41.1 Å². The van der Waals surface area contributed by atoms with Crippen molar-refractivity contribution < 1.29 is 9.47 Å².